The second-order valence-corrected chi connectivity index (χ2v) is 5.62. The number of fused-ring (bicyclic) bond motifs is 1. The smallest absolute Gasteiger partial charge is 0.193 e. The molecule has 15 heavy (non-hydrogen) atoms. The molecule has 0 bridgehead atoms. The maximum absolute atomic E-state index is 4.53. The van der Waals surface area contributed by atoms with Crippen molar-refractivity contribution < 1.29 is 0 Å². The third-order valence-electron chi connectivity index (χ3n) is 2.18. The van der Waals surface area contributed by atoms with Crippen LogP contribution < -0.4 is 5.32 Å². The Labute approximate surface area is 94.1 Å². The van der Waals surface area contributed by atoms with Crippen LogP contribution in [0.15, 0.2) is 17.8 Å². The fraction of sp³-hybridized carbons (Fsp3) is 0.545. The number of nitrogens with zero attached hydrogens (tertiary/aromatic N) is 2. The second-order valence-electron chi connectivity index (χ2n) is 4.75. The van der Waals surface area contributed by atoms with Crippen LogP contribution >= 0.6 is 11.3 Å². The Morgan fingerprint density at radius 2 is 2.27 bits per heavy atom. The molecule has 2 aromatic rings. The lowest BCUT2D eigenvalue weighted by molar-refractivity contribution is 0.429. The van der Waals surface area contributed by atoms with E-state index in [0.717, 1.165) is 17.9 Å². The van der Waals surface area contributed by atoms with Crippen molar-refractivity contribution in [1.82, 2.24) is 14.7 Å². The summed E-state index contributed by atoms with van der Waals surface area (Å²) in [5.41, 5.74) is 1.36. The van der Waals surface area contributed by atoms with E-state index in [1.807, 2.05) is 6.20 Å². The Balaban J connectivity index is 1.93. The van der Waals surface area contributed by atoms with E-state index in [2.05, 4.69) is 47.0 Å². The molecule has 1 N–H and O–H groups in total. The molecule has 0 aliphatic rings. The predicted molar refractivity (Wildman–Crippen MR) is 64.5 cm³/mol. The quantitative estimate of drug-likeness (QED) is 0.865. The van der Waals surface area contributed by atoms with Crippen LogP contribution in [0.3, 0.4) is 0 Å². The van der Waals surface area contributed by atoms with Gasteiger partial charge in [0, 0.05) is 36.3 Å². The molecule has 4 heteroatoms. The highest BCUT2D eigenvalue weighted by molar-refractivity contribution is 7.15. The monoisotopic (exact) mass is 223 g/mol. The highest BCUT2D eigenvalue weighted by atomic mass is 32.1. The van der Waals surface area contributed by atoms with E-state index < -0.39 is 0 Å². The van der Waals surface area contributed by atoms with Gasteiger partial charge in [-0.25, -0.2) is 4.98 Å². The zero-order valence-electron chi connectivity index (χ0n) is 9.45. The van der Waals surface area contributed by atoms with E-state index in [4.69, 9.17) is 0 Å². The Bertz CT molecular complexity index is 407. The van der Waals surface area contributed by atoms with Gasteiger partial charge in [-0.1, -0.05) is 0 Å². The fourth-order valence-corrected chi connectivity index (χ4v) is 2.18. The maximum atomic E-state index is 4.53. The number of nitrogens with one attached hydrogen (secondary N) is 1. The third-order valence-corrected chi connectivity index (χ3v) is 2.95. The molecule has 0 fully saturated rings. The summed E-state index contributed by atoms with van der Waals surface area (Å²) in [6.45, 7) is 7.52. The molecule has 0 amide bonds. The SMILES string of the molecule is CC(C)(C)NCCc1cn2ccsc2n1. The van der Waals surface area contributed by atoms with Crippen molar-refractivity contribution in [2.45, 2.75) is 32.7 Å². The van der Waals surface area contributed by atoms with Crippen LogP contribution in [-0.2, 0) is 6.42 Å². The summed E-state index contributed by atoms with van der Waals surface area (Å²) in [5, 5.41) is 5.52. The second kappa shape index (κ2) is 3.94. The minimum atomic E-state index is 0.192. The highest BCUT2D eigenvalue weighted by Gasteiger charge is 2.08. The van der Waals surface area contributed by atoms with Crippen molar-refractivity contribution in [2.75, 3.05) is 6.54 Å². The largest absolute Gasteiger partial charge is 0.312 e. The first-order valence-electron chi connectivity index (χ1n) is 5.21. The lowest BCUT2D eigenvalue weighted by Gasteiger charge is -2.19. The Morgan fingerprint density at radius 1 is 1.47 bits per heavy atom. The lowest BCUT2D eigenvalue weighted by atomic mass is 10.1. The van der Waals surface area contributed by atoms with E-state index in [-0.39, 0.29) is 5.54 Å². The van der Waals surface area contributed by atoms with Crippen LogP contribution in [0.5, 0.6) is 0 Å². The van der Waals surface area contributed by atoms with Gasteiger partial charge in [-0.15, -0.1) is 11.3 Å². The van der Waals surface area contributed by atoms with Crippen molar-refractivity contribution in [2.24, 2.45) is 0 Å². The molecule has 0 aliphatic carbocycles. The molecular formula is C11H17N3S. The van der Waals surface area contributed by atoms with E-state index in [1.165, 1.54) is 5.69 Å². The fourth-order valence-electron chi connectivity index (χ4n) is 1.46. The number of hydrogen-bond acceptors (Lipinski definition) is 3. The zero-order valence-corrected chi connectivity index (χ0v) is 10.3. The average Bonchev–Trinajstić information content (AvgIpc) is 2.60. The molecule has 2 aromatic heterocycles. The summed E-state index contributed by atoms with van der Waals surface area (Å²) in [5.74, 6) is 0. The highest BCUT2D eigenvalue weighted by Crippen LogP contribution is 2.11. The maximum Gasteiger partial charge on any atom is 0.193 e. The zero-order chi connectivity index (χ0) is 10.9. The van der Waals surface area contributed by atoms with Crippen molar-refractivity contribution in [3.8, 4) is 0 Å². The van der Waals surface area contributed by atoms with Gasteiger partial charge < -0.3 is 5.32 Å². The molecular weight excluding hydrogens is 206 g/mol. The average molecular weight is 223 g/mol. The summed E-state index contributed by atoms with van der Waals surface area (Å²) in [7, 11) is 0. The number of aromatic nitrogens is 2. The standard InChI is InChI=1S/C11H17N3S/c1-11(2,3)12-5-4-9-8-14-6-7-15-10(14)13-9/h6-8,12H,4-5H2,1-3H3. The summed E-state index contributed by atoms with van der Waals surface area (Å²) in [6.07, 6.45) is 5.15. The first kappa shape index (κ1) is 10.6. The van der Waals surface area contributed by atoms with Gasteiger partial charge in [-0.05, 0) is 20.8 Å². The molecule has 2 rings (SSSR count). The number of hydrogen-bond donors (Lipinski definition) is 1. The number of rotatable bonds is 3. The Hall–Kier alpha value is -0.870. The lowest BCUT2D eigenvalue weighted by Crippen LogP contribution is -2.37. The molecule has 0 saturated heterocycles. The van der Waals surface area contributed by atoms with Gasteiger partial charge in [0.15, 0.2) is 4.96 Å². The molecule has 0 unspecified atom stereocenters. The van der Waals surface area contributed by atoms with Gasteiger partial charge in [0.2, 0.25) is 0 Å². The third kappa shape index (κ3) is 2.79. The van der Waals surface area contributed by atoms with Crippen LogP contribution in [0.25, 0.3) is 4.96 Å². The predicted octanol–water partition coefficient (Wildman–Crippen LogP) is 2.33. The summed E-state index contributed by atoms with van der Waals surface area (Å²) >= 11 is 1.68. The van der Waals surface area contributed by atoms with Gasteiger partial charge in [0.05, 0.1) is 5.69 Å². The van der Waals surface area contributed by atoms with E-state index in [9.17, 15) is 0 Å². The first-order chi connectivity index (χ1) is 7.04. The molecule has 0 aromatic carbocycles. The van der Waals surface area contributed by atoms with Crippen molar-refractivity contribution in [3.63, 3.8) is 0 Å². The number of thiazole rings is 1. The van der Waals surface area contributed by atoms with E-state index >= 15 is 0 Å². The van der Waals surface area contributed by atoms with Crippen LogP contribution in [-0.4, -0.2) is 21.5 Å². The molecule has 0 saturated carbocycles. The van der Waals surface area contributed by atoms with Crippen molar-refractivity contribution in [1.29, 1.82) is 0 Å². The molecule has 82 valence electrons. The molecule has 0 radical (unpaired) electrons. The molecule has 0 atom stereocenters. The van der Waals surface area contributed by atoms with E-state index in [1.54, 1.807) is 11.3 Å². The minimum absolute atomic E-state index is 0.192. The molecule has 2 heterocycles. The van der Waals surface area contributed by atoms with Crippen molar-refractivity contribution in [3.05, 3.63) is 23.5 Å². The first-order valence-corrected chi connectivity index (χ1v) is 6.09. The summed E-state index contributed by atoms with van der Waals surface area (Å²) in [4.78, 5) is 5.62. The van der Waals surface area contributed by atoms with Crippen molar-refractivity contribution >= 4 is 16.3 Å². The normalized spacial score (nSPS) is 12.5. The topological polar surface area (TPSA) is 29.3 Å². The summed E-state index contributed by atoms with van der Waals surface area (Å²) in [6, 6.07) is 0. The van der Waals surface area contributed by atoms with Gasteiger partial charge in [-0.2, -0.15) is 0 Å². The number of imidazole rings is 1. The summed E-state index contributed by atoms with van der Waals surface area (Å²) < 4.78 is 2.08. The Kier molecular flexibility index (Phi) is 2.80. The van der Waals surface area contributed by atoms with E-state index in [0.29, 0.717) is 0 Å². The van der Waals surface area contributed by atoms with Gasteiger partial charge in [0.1, 0.15) is 0 Å². The van der Waals surface area contributed by atoms with Crippen LogP contribution in [0.4, 0.5) is 0 Å². The van der Waals surface area contributed by atoms with Crippen LogP contribution in [0, 0.1) is 0 Å². The van der Waals surface area contributed by atoms with Gasteiger partial charge in [-0.3, -0.25) is 4.40 Å². The minimum Gasteiger partial charge on any atom is -0.312 e. The van der Waals surface area contributed by atoms with Gasteiger partial charge >= 0.3 is 0 Å². The molecule has 0 spiro atoms. The van der Waals surface area contributed by atoms with Gasteiger partial charge in [0.25, 0.3) is 0 Å². The molecule has 3 nitrogen and oxygen atoms in total. The van der Waals surface area contributed by atoms with Crippen LogP contribution in [0.1, 0.15) is 26.5 Å². The Morgan fingerprint density at radius 3 is 2.93 bits per heavy atom. The van der Waals surface area contributed by atoms with Crippen LogP contribution in [0.2, 0.25) is 0 Å². The molecule has 0 aliphatic heterocycles.